The number of aromatic nitrogens is 2. The number of carbonyl (C=O) groups excluding carboxylic acids is 2. The number of rotatable bonds is 6. The number of hydrogen-bond acceptors (Lipinski definition) is 6. The third-order valence-electron chi connectivity index (χ3n) is 5.13. The van der Waals surface area contributed by atoms with Gasteiger partial charge in [-0.05, 0) is 31.5 Å². The minimum absolute atomic E-state index is 0.379. The lowest BCUT2D eigenvalue weighted by Gasteiger charge is -2.11. The number of esters is 1. The second-order valence-electron chi connectivity index (χ2n) is 7.53. The van der Waals surface area contributed by atoms with Crippen LogP contribution in [0.4, 0.5) is 5.69 Å². The SMILES string of the molecule is Cc1nn(Cc2ccccc2)c(C)c1C(=O)OCC(=O)Nc1ccc2c(c1)OCCCO2. The molecule has 1 aliphatic heterocycles. The van der Waals surface area contributed by atoms with E-state index in [1.54, 1.807) is 29.8 Å². The van der Waals surface area contributed by atoms with E-state index < -0.39 is 18.5 Å². The van der Waals surface area contributed by atoms with Gasteiger partial charge in [0, 0.05) is 18.2 Å². The van der Waals surface area contributed by atoms with Gasteiger partial charge in [0.15, 0.2) is 18.1 Å². The van der Waals surface area contributed by atoms with Crippen LogP contribution in [0.15, 0.2) is 48.5 Å². The normalized spacial score (nSPS) is 12.7. The van der Waals surface area contributed by atoms with Crippen molar-refractivity contribution in [3.05, 3.63) is 71.0 Å². The fourth-order valence-electron chi connectivity index (χ4n) is 3.54. The molecule has 8 nitrogen and oxygen atoms in total. The Kier molecular flexibility index (Phi) is 6.39. The van der Waals surface area contributed by atoms with Crippen molar-refractivity contribution in [2.45, 2.75) is 26.8 Å². The molecule has 0 aliphatic carbocycles. The third-order valence-corrected chi connectivity index (χ3v) is 5.13. The molecule has 3 aromatic rings. The van der Waals surface area contributed by atoms with Gasteiger partial charge in [-0.25, -0.2) is 4.79 Å². The Balaban J connectivity index is 1.36. The van der Waals surface area contributed by atoms with E-state index in [-0.39, 0.29) is 0 Å². The summed E-state index contributed by atoms with van der Waals surface area (Å²) in [4.78, 5) is 25.0. The minimum Gasteiger partial charge on any atom is -0.490 e. The van der Waals surface area contributed by atoms with E-state index in [0.29, 0.717) is 53.9 Å². The molecule has 8 heteroatoms. The maximum Gasteiger partial charge on any atom is 0.342 e. The fraction of sp³-hybridized carbons (Fsp3) is 0.292. The van der Waals surface area contributed by atoms with Gasteiger partial charge in [0.1, 0.15) is 5.56 Å². The summed E-state index contributed by atoms with van der Waals surface area (Å²) in [5.74, 6) is 0.202. The fourth-order valence-corrected chi connectivity index (χ4v) is 3.54. The Morgan fingerprint density at radius 1 is 1.06 bits per heavy atom. The Hall–Kier alpha value is -3.81. The van der Waals surface area contributed by atoms with E-state index >= 15 is 0 Å². The van der Waals surface area contributed by atoms with Crippen LogP contribution in [0.1, 0.15) is 33.7 Å². The van der Waals surface area contributed by atoms with Gasteiger partial charge >= 0.3 is 5.97 Å². The molecule has 1 N–H and O–H groups in total. The second-order valence-corrected chi connectivity index (χ2v) is 7.53. The molecule has 32 heavy (non-hydrogen) atoms. The molecular weight excluding hydrogens is 410 g/mol. The summed E-state index contributed by atoms with van der Waals surface area (Å²) < 4.78 is 18.2. The Bertz CT molecular complexity index is 1120. The zero-order chi connectivity index (χ0) is 22.5. The van der Waals surface area contributed by atoms with Crippen LogP contribution in [0.5, 0.6) is 11.5 Å². The predicted molar refractivity (Wildman–Crippen MR) is 118 cm³/mol. The number of aryl methyl sites for hydroxylation is 1. The quantitative estimate of drug-likeness (QED) is 0.596. The predicted octanol–water partition coefficient (Wildman–Crippen LogP) is 3.51. The number of fused-ring (bicyclic) bond motifs is 1. The van der Waals surface area contributed by atoms with Crippen LogP contribution in [0, 0.1) is 13.8 Å². The van der Waals surface area contributed by atoms with Crippen molar-refractivity contribution in [3.8, 4) is 11.5 Å². The number of anilines is 1. The van der Waals surface area contributed by atoms with E-state index in [9.17, 15) is 9.59 Å². The number of amides is 1. The molecular formula is C24H25N3O5. The summed E-state index contributed by atoms with van der Waals surface area (Å²) in [5, 5.41) is 7.17. The van der Waals surface area contributed by atoms with E-state index in [4.69, 9.17) is 14.2 Å². The van der Waals surface area contributed by atoms with Crippen molar-refractivity contribution in [3.63, 3.8) is 0 Å². The zero-order valence-electron chi connectivity index (χ0n) is 18.1. The largest absolute Gasteiger partial charge is 0.490 e. The summed E-state index contributed by atoms with van der Waals surface area (Å²) in [6.45, 7) is 4.86. The molecule has 0 fully saturated rings. The average Bonchev–Trinajstić information content (AvgIpc) is 2.94. The Morgan fingerprint density at radius 2 is 1.81 bits per heavy atom. The number of ether oxygens (including phenoxy) is 3. The van der Waals surface area contributed by atoms with Crippen LogP contribution in [-0.4, -0.2) is 41.5 Å². The first-order valence-electron chi connectivity index (χ1n) is 10.5. The van der Waals surface area contributed by atoms with Gasteiger partial charge in [0.2, 0.25) is 0 Å². The monoisotopic (exact) mass is 435 g/mol. The molecule has 0 unspecified atom stereocenters. The maximum atomic E-state index is 12.6. The van der Waals surface area contributed by atoms with E-state index in [1.165, 1.54) is 0 Å². The van der Waals surface area contributed by atoms with Crippen molar-refractivity contribution < 1.29 is 23.8 Å². The van der Waals surface area contributed by atoms with Gasteiger partial charge < -0.3 is 19.5 Å². The van der Waals surface area contributed by atoms with Crippen LogP contribution >= 0.6 is 0 Å². The molecule has 0 bridgehead atoms. The molecule has 166 valence electrons. The van der Waals surface area contributed by atoms with Crippen LogP contribution in [0.2, 0.25) is 0 Å². The summed E-state index contributed by atoms with van der Waals surface area (Å²) in [6.07, 6.45) is 0.799. The highest BCUT2D eigenvalue weighted by molar-refractivity contribution is 5.96. The van der Waals surface area contributed by atoms with E-state index in [2.05, 4.69) is 10.4 Å². The summed E-state index contributed by atoms with van der Waals surface area (Å²) in [7, 11) is 0. The van der Waals surface area contributed by atoms with E-state index in [0.717, 1.165) is 12.0 Å². The summed E-state index contributed by atoms with van der Waals surface area (Å²) >= 11 is 0. The number of hydrogen-bond donors (Lipinski definition) is 1. The van der Waals surface area contributed by atoms with Crippen LogP contribution in [0.3, 0.4) is 0 Å². The van der Waals surface area contributed by atoms with Crippen molar-refractivity contribution in [1.29, 1.82) is 0 Å². The summed E-state index contributed by atoms with van der Waals surface area (Å²) in [5.41, 5.74) is 3.25. The van der Waals surface area contributed by atoms with Gasteiger partial charge in [-0.3, -0.25) is 9.48 Å². The Labute approximate surface area is 186 Å². The number of carbonyl (C=O) groups is 2. The maximum absolute atomic E-state index is 12.6. The molecule has 0 atom stereocenters. The second kappa shape index (κ2) is 9.55. The van der Waals surface area contributed by atoms with Crippen molar-refractivity contribution in [2.75, 3.05) is 25.1 Å². The standard InChI is InChI=1S/C24H25N3O5/c1-16-23(17(2)27(26-16)14-18-7-4-3-5-8-18)24(29)32-15-22(28)25-19-9-10-20-21(13-19)31-12-6-11-30-20/h3-5,7-10,13H,6,11-12,14-15H2,1-2H3,(H,25,28). The molecule has 4 rings (SSSR count). The highest BCUT2D eigenvalue weighted by Crippen LogP contribution is 2.32. The molecule has 0 saturated carbocycles. The average molecular weight is 435 g/mol. The molecule has 0 radical (unpaired) electrons. The minimum atomic E-state index is -0.576. The highest BCUT2D eigenvalue weighted by Gasteiger charge is 2.21. The molecule has 2 heterocycles. The van der Waals surface area contributed by atoms with Gasteiger partial charge in [0.25, 0.3) is 5.91 Å². The zero-order valence-corrected chi connectivity index (χ0v) is 18.1. The molecule has 1 aliphatic rings. The molecule has 1 amide bonds. The first-order valence-corrected chi connectivity index (χ1v) is 10.5. The number of benzene rings is 2. The topological polar surface area (TPSA) is 91.7 Å². The lowest BCUT2D eigenvalue weighted by atomic mass is 10.2. The molecule has 0 spiro atoms. The first-order chi connectivity index (χ1) is 15.5. The smallest absolute Gasteiger partial charge is 0.342 e. The molecule has 1 aromatic heterocycles. The first kappa shape index (κ1) is 21.4. The van der Waals surface area contributed by atoms with Crippen LogP contribution in [0.25, 0.3) is 0 Å². The van der Waals surface area contributed by atoms with Crippen molar-refractivity contribution in [1.82, 2.24) is 9.78 Å². The third kappa shape index (κ3) is 4.91. The van der Waals surface area contributed by atoms with Crippen molar-refractivity contribution in [2.24, 2.45) is 0 Å². The molecule has 2 aromatic carbocycles. The summed E-state index contributed by atoms with van der Waals surface area (Å²) in [6, 6.07) is 15.0. The lowest BCUT2D eigenvalue weighted by Crippen LogP contribution is -2.21. The van der Waals surface area contributed by atoms with Gasteiger partial charge in [-0.2, -0.15) is 5.10 Å². The number of nitrogens with zero attached hydrogens (tertiary/aromatic N) is 2. The number of nitrogens with one attached hydrogen (secondary N) is 1. The van der Waals surface area contributed by atoms with Crippen LogP contribution < -0.4 is 14.8 Å². The van der Waals surface area contributed by atoms with Gasteiger partial charge in [0.05, 0.1) is 31.1 Å². The lowest BCUT2D eigenvalue weighted by molar-refractivity contribution is -0.119. The molecule has 0 saturated heterocycles. The van der Waals surface area contributed by atoms with Crippen LogP contribution in [-0.2, 0) is 16.1 Å². The highest BCUT2D eigenvalue weighted by atomic mass is 16.5. The van der Waals surface area contributed by atoms with Crippen molar-refractivity contribution >= 4 is 17.6 Å². The Morgan fingerprint density at radius 3 is 2.59 bits per heavy atom. The van der Waals surface area contributed by atoms with E-state index in [1.807, 2.05) is 37.3 Å². The van der Waals surface area contributed by atoms with Gasteiger partial charge in [-0.1, -0.05) is 30.3 Å². The van der Waals surface area contributed by atoms with Gasteiger partial charge in [-0.15, -0.1) is 0 Å².